The zero-order valence-corrected chi connectivity index (χ0v) is 20.2. The minimum atomic E-state index is -0.993. The van der Waals surface area contributed by atoms with Gasteiger partial charge in [-0.25, -0.2) is 8.78 Å². The van der Waals surface area contributed by atoms with E-state index in [1.165, 1.54) is 12.1 Å². The average molecular weight is 481 g/mol. The molecule has 0 spiro atoms. The van der Waals surface area contributed by atoms with E-state index in [4.69, 9.17) is 9.47 Å². The molecule has 3 aromatic carbocycles. The quantitative estimate of drug-likeness (QED) is 0.238. The molecule has 1 aliphatic rings. The van der Waals surface area contributed by atoms with Crippen molar-refractivity contribution < 1.29 is 22.6 Å². The zero-order valence-electron chi connectivity index (χ0n) is 20.2. The van der Waals surface area contributed by atoms with E-state index < -0.39 is 11.6 Å². The summed E-state index contributed by atoms with van der Waals surface area (Å²) in [5, 5.41) is 0. The molecule has 1 saturated heterocycles. The number of hydrogen-bond donors (Lipinski definition) is 0. The predicted octanol–water partition coefficient (Wildman–Crippen LogP) is 8.46. The Morgan fingerprint density at radius 2 is 1.63 bits per heavy atom. The van der Waals surface area contributed by atoms with Gasteiger partial charge in [0, 0.05) is 17.0 Å². The van der Waals surface area contributed by atoms with Crippen LogP contribution in [-0.2, 0) is 4.74 Å². The molecule has 1 fully saturated rings. The molecule has 3 aromatic rings. The number of allylic oxidation sites excluding steroid dienone is 1. The highest BCUT2D eigenvalue weighted by molar-refractivity contribution is 5.71. The van der Waals surface area contributed by atoms with Gasteiger partial charge in [0.1, 0.15) is 5.82 Å². The maximum absolute atomic E-state index is 15.0. The normalized spacial score (nSPS) is 18.2. The van der Waals surface area contributed by atoms with Crippen molar-refractivity contribution in [1.82, 2.24) is 0 Å². The lowest BCUT2D eigenvalue weighted by molar-refractivity contribution is 0.0326. The highest BCUT2D eigenvalue weighted by Crippen LogP contribution is 2.34. The minimum Gasteiger partial charge on any atom is -0.490 e. The zero-order chi connectivity index (χ0) is 24.8. The summed E-state index contributed by atoms with van der Waals surface area (Å²) >= 11 is 0. The highest BCUT2D eigenvalue weighted by Gasteiger charge is 2.22. The lowest BCUT2D eigenvalue weighted by atomic mass is 9.89. The van der Waals surface area contributed by atoms with Gasteiger partial charge in [0.15, 0.2) is 11.6 Å². The predicted molar refractivity (Wildman–Crippen MR) is 134 cm³/mol. The standard InChI is InChI=1S/C30H31F3O2/c1-3-5-17-34-28-16-15-26(29(32)30(28)33)21-9-7-20(8-10-21)25-14-12-22(18-27(25)31)23-11-13-24(6-4-2)35-19-23/h4,6-10,12,14-16,18,23-24H,3,5,11,13,17,19H2,1-2H3. The van der Waals surface area contributed by atoms with Crippen LogP contribution in [0.2, 0.25) is 0 Å². The van der Waals surface area contributed by atoms with E-state index >= 15 is 4.39 Å². The van der Waals surface area contributed by atoms with Gasteiger partial charge in [-0.15, -0.1) is 0 Å². The lowest BCUT2D eigenvalue weighted by Gasteiger charge is -2.28. The van der Waals surface area contributed by atoms with Crippen LogP contribution in [0.5, 0.6) is 5.75 Å². The van der Waals surface area contributed by atoms with E-state index in [9.17, 15) is 8.78 Å². The second-order valence-corrected chi connectivity index (χ2v) is 8.93. The van der Waals surface area contributed by atoms with Gasteiger partial charge in [-0.1, -0.05) is 61.9 Å². The largest absolute Gasteiger partial charge is 0.490 e. The number of halogens is 3. The number of unbranched alkanes of at least 4 members (excludes halogenated alkanes) is 1. The van der Waals surface area contributed by atoms with Crippen molar-refractivity contribution in [1.29, 1.82) is 0 Å². The van der Waals surface area contributed by atoms with Gasteiger partial charge in [-0.3, -0.25) is 0 Å². The van der Waals surface area contributed by atoms with Crippen LogP contribution in [0.25, 0.3) is 22.3 Å². The van der Waals surface area contributed by atoms with Crippen molar-refractivity contribution in [3.8, 4) is 28.0 Å². The van der Waals surface area contributed by atoms with Crippen LogP contribution >= 0.6 is 0 Å². The van der Waals surface area contributed by atoms with Gasteiger partial charge in [0.05, 0.1) is 19.3 Å². The maximum Gasteiger partial charge on any atom is 0.201 e. The van der Waals surface area contributed by atoms with Gasteiger partial charge in [0.25, 0.3) is 0 Å². The first kappa shape index (κ1) is 25.1. The SMILES string of the molecule is CC=CC1CCC(c2ccc(-c3ccc(-c4ccc(OCCCC)c(F)c4F)cc3)c(F)c2)CO1. The summed E-state index contributed by atoms with van der Waals surface area (Å²) in [6.45, 7) is 4.90. The number of rotatable bonds is 8. The molecule has 0 N–H and O–H groups in total. The summed E-state index contributed by atoms with van der Waals surface area (Å²) in [4.78, 5) is 0. The molecule has 0 saturated carbocycles. The molecule has 2 nitrogen and oxygen atoms in total. The first-order chi connectivity index (χ1) is 17.0. The van der Waals surface area contributed by atoms with Crippen LogP contribution in [0.4, 0.5) is 13.2 Å². The van der Waals surface area contributed by atoms with Gasteiger partial charge >= 0.3 is 0 Å². The topological polar surface area (TPSA) is 18.5 Å². The second kappa shape index (κ2) is 11.6. The summed E-state index contributed by atoms with van der Waals surface area (Å²) in [6, 6.07) is 15.1. The summed E-state index contributed by atoms with van der Waals surface area (Å²) in [7, 11) is 0. The van der Waals surface area contributed by atoms with Crippen LogP contribution < -0.4 is 4.74 Å². The summed E-state index contributed by atoms with van der Waals surface area (Å²) in [5.41, 5.74) is 2.72. The van der Waals surface area contributed by atoms with Crippen LogP contribution in [0.3, 0.4) is 0 Å². The molecule has 5 heteroatoms. The molecule has 0 aliphatic carbocycles. The third kappa shape index (κ3) is 5.79. The van der Waals surface area contributed by atoms with Crippen molar-refractivity contribution in [2.45, 2.75) is 51.6 Å². The van der Waals surface area contributed by atoms with Crippen LogP contribution in [0, 0.1) is 17.5 Å². The molecule has 0 aromatic heterocycles. The Morgan fingerprint density at radius 1 is 0.914 bits per heavy atom. The average Bonchev–Trinajstić information content (AvgIpc) is 2.88. The molecule has 2 unspecified atom stereocenters. The summed E-state index contributed by atoms with van der Waals surface area (Å²) in [6.07, 6.45) is 7.74. The minimum absolute atomic E-state index is 0.0841. The fraction of sp³-hybridized carbons (Fsp3) is 0.333. The molecule has 0 bridgehead atoms. The Morgan fingerprint density at radius 3 is 2.26 bits per heavy atom. The third-order valence-electron chi connectivity index (χ3n) is 6.49. The smallest absolute Gasteiger partial charge is 0.201 e. The summed E-state index contributed by atoms with van der Waals surface area (Å²) < 4.78 is 55.4. The maximum atomic E-state index is 15.0. The Labute approximate surface area is 205 Å². The summed E-state index contributed by atoms with van der Waals surface area (Å²) in [5.74, 6) is -2.16. The van der Waals surface area contributed by atoms with Gasteiger partial charge in [-0.05, 0) is 61.1 Å². The number of benzene rings is 3. The monoisotopic (exact) mass is 480 g/mol. The molecule has 1 heterocycles. The molecule has 35 heavy (non-hydrogen) atoms. The van der Waals surface area contributed by atoms with E-state index in [2.05, 4.69) is 6.08 Å². The molecule has 4 rings (SSSR count). The Hall–Kier alpha value is -3.05. The molecule has 184 valence electrons. The van der Waals surface area contributed by atoms with E-state index in [1.54, 1.807) is 36.4 Å². The van der Waals surface area contributed by atoms with Gasteiger partial charge < -0.3 is 9.47 Å². The van der Waals surface area contributed by atoms with E-state index in [1.807, 2.05) is 26.0 Å². The molecular formula is C30H31F3O2. The van der Waals surface area contributed by atoms with E-state index in [0.29, 0.717) is 29.9 Å². The molecular weight excluding hydrogens is 449 g/mol. The van der Waals surface area contributed by atoms with E-state index in [-0.39, 0.29) is 29.2 Å². The molecule has 1 aliphatic heterocycles. The van der Waals surface area contributed by atoms with E-state index in [0.717, 1.165) is 31.2 Å². The van der Waals surface area contributed by atoms with Crippen molar-refractivity contribution in [3.05, 3.63) is 89.8 Å². The van der Waals surface area contributed by atoms with Crippen molar-refractivity contribution in [2.75, 3.05) is 13.2 Å². The fourth-order valence-electron chi connectivity index (χ4n) is 4.44. The molecule has 0 amide bonds. The first-order valence-corrected chi connectivity index (χ1v) is 12.3. The first-order valence-electron chi connectivity index (χ1n) is 12.3. The molecule has 2 atom stereocenters. The number of ether oxygens (including phenoxy) is 2. The van der Waals surface area contributed by atoms with Crippen molar-refractivity contribution in [3.63, 3.8) is 0 Å². The second-order valence-electron chi connectivity index (χ2n) is 8.93. The van der Waals surface area contributed by atoms with Crippen molar-refractivity contribution in [2.24, 2.45) is 0 Å². The molecule has 0 radical (unpaired) electrons. The Bertz CT molecular complexity index is 1160. The van der Waals surface area contributed by atoms with Gasteiger partial charge in [0.2, 0.25) is 5.82 Å². The van der Waals surface area contributed by atoms with Crippen LogP contribution in [0.1, 0.15) is 51.0 Å². The lowest BCUT2D eigenvalue weighted by Crippen LogP contribution is -2.23. The van der Waals surface area contributed by atoms with Gasteiger partial charge in [-0.2, -0.15) is 4.39 Å². The van der Waals surface area contributed by atoms with Crippen LogP contribution in [0.15, 0.2) is 66.7 Å². The third-order valence-corrected chi connectivity index (χ3v) is 6.49. The fourth-order valence-corrected chi connectivity index (χ4v) is 4.44. The Kier molecular flexibility index (Phi) is 8.29. The van der Waals surface area contributed by atoms with Crippen LogP contribution in [-0.4, -0.2) is 19.3 Å². The highest BCUT2D eigenvalue weighted by atomic mass is 19.2. The van der Waals surface area contributed by atoms with Crippen molar-refractivity contribution >= 4 is 0 Å². The Balaban J connectivity index is 1.49. The number of hydrogen-bond acceptors (Lipinski definition) is 2.